The Kier molecular flexibility index (Phi) is 6.32. The Labute approximate surface area is 160 Å². The molecule has 0 unspecified atom stereocenters. The van der Waals surface area contributed by atoms with Crippen molar-refractivity contribution in [3.05, 3.63) is 29.8 Å². The van der Waals surface area contributed by atoms with Gasteiger partial charge in [-0.3, -0.25) is 9.59 Å². The maximum absolute atomic E-state index is 12.4. The Balaban J connectivity index is 2.06. The van der Waals surface area contributed by atoms with Gasteiger partial charge in [-0.15, -0.1) is 0 Å². The Bertz CT molecular complexity index is 788. The molecule has 0 radical (unpaired) electrons. The third kappa shape index (κ3) is 5.52. The number of aliphatic carboxylic acids is 1. The maximum atomic E-state index is 12.4. The fourth-order valence-corrected chi connectivity index (χ4v) is 4.71. The van der Waals surface area contributed by atoms with Crippen molar-refractivity contribution in [2.24, 2.45) is 5.41 Å². The molecule has 1 aliphatic carbocycles. The highest BCUT2D eigenvalue weighted by molar-refractivity contribution is 7.89. The molecule has 0 aromatic heterocycles. The minimum absolute atomic E-state index is 0.0725. The van der Waals surface area contributed by atoms with Gasteiger partial charge in [0, 0.05) is 17.6 Å². The van der Waals surface area contributed by atoms with E-state index in [1.54, 1.807) is 20.8 Å². The van der Waals surface area contributed by atoms with Crippen molar-refractivity contribution in [2.75, 3.05) is 6.54 Å². The predicted octanol–water partition coefficient (Wildman–Crippen LogP) is 2.53. The number of sulfonamides is 1. The third-order valence-corrected chi connectivity index (χ3v) is 6.49. The second-order valence-electron chi connectivity index (χ2n) is 8.21. The first kappa shape index (κ1) is 21.4. The van der Waals surface area contributed by atoms with Crippen LogP contribution < -0.4 is 10.0 Å². The molecule has 0 aliphatic heterocycles. The SMILES string of the molecule is CC(C)(C)NS(=O)(=O)c1ccc(C(=O)NCC2(C(=O)O)CCCCC2)cc1. The first-order chi connectivity index (χ1) is 12.5. The Morgan fingerprint density at radius 2 is 1.63 bits per heavy atom. The number of carboxylic acid groups (broad SMARTS) is 1. The van der Waals surface area contributed by atoms with Crippen molar-refractivity contribution in [1.82, 2.24) is 10.0 Å². The van der Waals surface area contributed by atoms with Crippen LogP contribution in [-0.4, -0.2) is 37.5 Å². The molecule has 0 atom stereocenters. The standard InChI is InChI=1S/C19H28N2O5S/c1-18(2,3)21-27(25,26)15-9-7-14(8-10-15)16(22)20-13-19(17(23)24)11-5-4-6-12-19/h7-10,21H,4-6,11-13H2,1-3H3,(H,20,22)(H,23,24). The van der Waals surface area contributed by atoms with E-state index in [9.17, 15) is 23.1 Å². The molecule has 7 nitrogen and oxygen atoms in total. The monoisotopic (exact) mass is 396 g/mol. The summed E-state index contributed by atoms with van der Waals surface area (Å²) in [6.07, 6.45) is 3.81. The summed E-state index contributed by atoms with van der Waals surface area (Å²) in [7, 11) is -3.67. The largest absolute Gasteiger partial charge is 0.481 e. The molecule has 3 N–H and O–H groups in total. The van der Waals surface area contributed by atoms with Crippen LogP contribution in [0.25, 0.3) is 0 Å². The number of hydrogen-bond acceptors (Lipinski definition) is 4. The number of benzene rings is 1. The lowest BCUT2D eigenvalue weighted by atomic mass is 9.74. The van der Waals surface area contributed by atoms with Crippen LogP contribution in [0, 0.1) is 5.41 Å². The van der Waals surface area contributed by atoms with Gasteiger partial charge < -0.3 is 10.4 Å². The molecule has 1 aromatic carbocycles. The van der Waals surface area contributed by atoms with Crippen LogP contribution in [0.5, 0.6) is 0 Å². The van der Waals surface area contributed by atoms with Gasteiger partial charge >= 0.3 is 5.97 Å². The first-order valence-electron chi connectivity index (χ1n) is 9.11. The van der Waals surface area contributed by atoms with E-state index in [-0.39, 0.29) is 11.4 Å². The van der Waals surface area contributed by atoms with Crippen LogP contribution in [0.3, 0.4) is 0 Å². The number of nitrogens with one attached hydrogen (secondary N) is 2. The highest BCUT2D eigenvalue weighted by Crippen LogP contribution is 2.36. The van der Waals surface area contributed by atoms with Crippen molar-refractivity contribution in [2.45, 2.75) is 63.3 Å². The zero-order valence-corrected chi connectivity index (χ0v) is 16.9. The molecule has 0 heterocycles. The van der Waals surface area contributed by atoms with E-state index < -0.39 is 32.9 Å². The van der Waals surface area contributed by atoms with Crippen molar-refractivity contribution >= 4 is 21.9 Å². The van der Waals surface area contributed by atoms with E-state index in [1.807, 2.05) is 0 Å². The summed E-state index contributed by atoms with van der Waals surface area (Å²) in [5, 5.41) is 12.3. The Morgan fingerprint density at radius 1 is 1.07 bits per heavy atom. The molecule has 2 rings (SSSR count). The normalized spacial score (nSPS) is 17.3. The molecule has 1 aliphatic rings. The molecule has 27 heavy (non-hydrogen) atoms. The average Bonchev–Trinajstić information content (AvgIpc) is 2.58. The maximum Gasteiger partial charge on any atom is 0.311 e. The van der Waals surface area contributed by atoms with Gasteiger partial charge in [0.05, 0.1) is 10.3 Å². The zero-order valence-electron chi connectivity index (χ0n) is 16.0. The topological polar surface area (TPSA) is 113 Å². The van der Waals surface area contributed by atoms with Gasteiger partial charge in [-0.2, -0.15) is 0 Å². The molecule has 0 spiro atoms. The molecular weight excluding hydrogens is 368 g/mol. The third-order valence-electron chi connectivity index (χ3n) is 4.72. The summed E-state index contributed by atoms with van der Waals surface area (Å²) >= 11 is 0. The Hall–Kier alpha value is -1.93. The summed E-state index contributed by atoms with van der Waals surface area (Å²) < 4.78 is 27.2. The predicted molar refractivity (Wildman–Crippen MR) is 102 cm³/mol. The summed E-state index contributed by atoms with van der Waals surface area (Å²) in [6, 6.07) is 5.61. The van der Waals surface area contributed by atoms with E-state index in [0.29, 0.717) is 18.4 Å². The molecule has 1 saturated carbocycles. The van der Waals surface area contributed by atoms with Crippen LogP contribution in [0.2, 0.25) is 0 Å². The van der Waals surface area contributed by atoms with Gasteiger partial charge in [0.1, 0.15) is 0 Å². The van der Waals surface area contributed by atoms with E-state index in [4.69, 9.17) is 0 Å². The van der Waals surface area contributed by atoms with Crippen LogP contribution in [-0.2, 0) is 14.8 Å². The van der Waals surface area contributed by atoms with Gasteiger partial charge in [0.2, 0.25) is 10.0 Å². The van der Waals surface area contributed by atoms with Crippen molar-refractivity contribution < 1.29 is 23.1 Å². The van der Waals surface area contributed by atoms with Gasteiger partial charge in [-0.25, -0.2) is 13.1 Å². The van der Waals surface area contributed by atoms with Gasteiger partial charge in [0.25, 0.3) is 5.91 Å². The number of hydrogen-bond donors (Lipinski definition) is 3. The zero-order chi connectivity index (χ0) is 20.3. The van der Waals surface area contributed by atoms with Crippen molar-refractivity contribution in [3.63, 3.8) is 0 Å². The van der Waals surface area contributed by atoms with Gasteiger partial charge in [-0.05, 0) is 57.9 Å². The lowest BCUT2D eigenvalue weighted by molar-refractivity contribution is -0.150. The van der Waals surface area contributed by atoms with Gasteiger partial charge in [0.15, 0.2) is 0 Å². The number of carbonyl (C=O) groups excluding carboxylic acids is 1. The molecular formula is C19H28N2O5S. The highest BCUT2D eigenvalue weighted by atomic mass is 32.2. The number of carboxylic acids is 1. The summed E-state index contributed by atoms with van der Waals surface area (Å²) in [4.78, 5) is 24.1. The first-order valence-corrected chi connectivity index (χ1v) is 10.6. The minimum Gasteiger partial charge on any atom is -0.481 e. The molecule has 0 saturated heterocycles. The molecule has 1 fully saturated rings. The second-order valence-corrected chi connectivity index (χ2v) is 9.89. The fourth-order valence-electron chi connectivity index (χ4n) is 3.29. The van der Waals surface area contributed by atoms with Crippen LogP contribution >= 0.6 is 0 Å². The van der Waals surface area contributed by atoms with Gasteiger partial charge in [-0.1, -0.05) is 19.3 Å². The number of carbonyl (C=O) groups is 2. The number of amides is 1. The van der Waals surface area contributed by atoms with Crippen molar-refractivity contribution in [1.29, 1.82) is 0 Å². The van der Waals surface area contributed by atoms with Crippen LogP contribution in [0.15, 0.2) is 29.2 Å². The Morgan fingerprint density at radius 3 is 2.11 bits per heavy atom. The average molecular weight is 397 g/mol. The minimum atomic E-state index is -3.67. The summed E-state index contributed by atoms with van der Waals surface area (Å²) in [5.74, 6) is -1.29. The van der Waals surface area contributed by atoms with E-state index >= 15 is 0 Å². The number of rotatable bonds is 6. The molecule has 8 heteroatoms. The van der Waals surface area contributed by atoms with E-state index in [1.165, 1.54) is 24.3 Å². The van der Waals surface area contributed by atoms with E-state index in [2.05, 4.69) is 10.0 Å². The summed E-state index contributed by atoms with van der Waals surface area (Å²) in [5.41, 5.74) is -1.23. The lowest BCUT2D eigenvalue weighted by Crippen LogP contribution is -2.44. The van der Waals surface area contributed by atoms with E-state index in [0.717, 1.165) is 19.3 Å². The second kappa shape index (κ2) is 7.98. The van der Waals surface area contributed by atoms with Crippen LogP contribution in [0.4, 0.5) is 0 Å². The van der Waals surface area contributed by atoms with Crippen LogP contribution in [0.1, 0.15) is 63.2 Å². The lowest BCUT2D eigenvalue weighted by Gasteiger charge is -2.33. The smallest absolute Gasteiger partial charge is 0.311 e. The highest BCUT2D eigenvalue weighted by Gasteiger charge is 2.39. The summed E-state index contributed by atoms with van der Waals surface area (Å²) in [6.45, 7) is 5.31. The molecule has 150 valence electrons. The fraction of sp³-hybridized carbons (Fsp3) is 0.579. The molecule has 0 bridgehead atoms. The molecule has 1 aromatic rings. The van der Waals surface area contributed by atoms with Crippen molar-refractivity contribution in [3.8, 4) is 0 Å². The quantitative estimate of drug-likeness (QED) is 0.684. The molecule has 1 amide bonds.